The quantitative estimate of drug-likeness (QED) is 0.748. The summed E-state index contributed by atoms with van der Waals surface area (Å²) in [4.78, 5) is 0. The molecule has 0 spiro atoms. The first kappa shape index (κ1) is 16.1. The van der Waals surface area contributed by atoms with Gasteiger partial charge < -0.3 is 10.1 Å². The van der Waals surface area contributed by atoms with Crippen molar-refractivity contribution < 1.29 is 4.74 Å². The van der Waals surface area contributed by atoms with Crippen LogP contribution in [0.25, 0.3) is 0 Å². The highest BCUT2D eigenvalue weighted by molar-refractivity contribution is 5.08. The molecule has 1 aromatic heterocycles. The molecular weight excluding hydrogens is 240 g/mol. The van der Waals surface area contributed by atoms with Crippen molar-refractivity contribution in [2.75, 3.05) is 13.2 Å². The minimum Gasteiger partial charge on any atom is -0.374 e. The molecule has 0 aliphatic heterocycles. The van der Waals surface area contributed by atoms with Crippen LogP contribution in [0.3, 0.4) is 0 Å². The molecule has 5 heteroatoms. The molecule has 0 bridgehead atoms. The van der Waals surface area contributed by atoms with Gasteiger partial charge in [-0.2, -0.15) is 0 Å². The highest BCUT2D eigenvalue weighted by atomic mass is 16.5. The van der Waals surface area contributed by atoms with Crippen LogP contribution in [0.15, 0.2) is 6.20 Å². The zero-order valence-corrected chi connectivity index (χ0v) is 12.9. The maximum Gasteiger partial charge on any atom is 0.0836 e. The van der Waals surface area contributed by atoms with Gasteiger partial charge in [-0.1, -0.05) is 19.1 Å². The van der Waals surface area contributed by atoms with Gasteiger partial charge in [-0.15, -0.1) is 5.10 Å². The van der Waals surface area contributed by atoms with E-state index < -0.39 is 0 Å². The van der Waals surface area contributed by atoms with Crippen molar-refractivity contribution in [3.05, 3.63) is 11.9 Å². The molecule has 1 atom stereocenters. The van der Waals surface area contributed by atoms with Crippen molar-refractivity contribution in [3.63, 3.8) is 0 Å². The summed E-state index contributed by atoms with van der Waals surface area (Å²) in [6, 6.07) is 0.106. The standard InChI is InChI=1S/C14H28N4O/c1-6-9-15-13(14(4,5)19-8-3)12-11-16-17-18(12)10-7-2/h11,13,15H,6-10H2,1-5H3. The van der Waals surface area contributed by atoms with Gasteiger partial charge in [0.15, 0.2) is 0 Å². The van der Waals surface area contributed by atoms with Crippen LogP contribution in [-0.4, -0.2) is 33.7 Å². The third kappa shape index (κ3) is 4.28. The average molecular weight is 268 g/mol. The Morgan fingerprint density at radius 2 is 2.05 bits per heavy atom. The number of aryl methyl sites for hydroxylation is 1. The summed E-state index contributed by atoms with van der Waals surface area (Å²) >= 11 is 0. The predicted octanol–water partition coefficient (Wildman–Crippen LogP) is 2.54. The summed E-state index contributed by atoms with van der Waals surface area (Å²) in [7, 11) is 0. The molecule has 1 aromatic rings. The first-order valence-electron chi connectivity index (χ1n) is 7.32. The molecule has 0 saturated carbocycles. The number of hydrogen-bond donors (Lipinski definition) is 1. The first-order chi connectivity index (χ1) is 9.06. The molecule has 0 aromatic carbocycles. The Bertz CT molecular complexity index is 362. The number of hydrogen-bond acceptors (Lipinski definition) is 4. The molecule has 1 unspecified atom stereocenters. The van der Waals surface area contributed by atoms with E-state index in [0.717, 1.165) is 31.6 Å². The van der Waals surface area contributed by atoms with E-state index in [-0.39, 0.29) is 11.6 Å². The fourth-order valence-electron chi connectivity index (χ4n) is 2.33. The van der Waals surface area contributed by atoms with E-state index in [1.807, 2.05) is 17.8 Å². The van der Waals surface area contributed by atoms with Gasteiger partial charge in [-0.3, -0.25) is 0 Å². The molecule has 1 rings (SSSR count). The molecule has 0 saturated heterocycles. The van der Waals surface area contributed by atoms with E-state index >= 15 is 0 Å². The highest BCUT2D eigenvalue weighted by Crippen LogP contribution is 2.28. The van der Waals surface area contributed by atoms with Crippen LogP contribution in [0.4, 0.5) is 0 Å². The molecule has 0 aliphatic carbocycles. The average Bonchev–Trinajstić information content (AvgIpc) is 2.78. The molecule has 0 radical (unpaired) electrons. The maximum absolute atomic E-state index is 5.91. The Balaban J connectivity index is 2.97. The van der Waals surface area contributed by atoms with Gasteiger partial charge in [0.1, 0.15) is 0 Å². The largest absolute Gasteiger partial charge is 0.374 e. The SMILES string of the molecule is CCCNC(c1cnnn1CCC)C(C)(C)OCC. The molecule has 0 amide bonds. The fraction of sp³-hybridized carbons (Fsp3) is 0.857. The summed E-state index contributed by atoms with van der Waals surface area (Å²) in [5.41, 5.74) is 0.825. The van der Waals surface area contributed by atoms with E-state index in [4.69, 9.17) is 4.74 Å². The summed E-state index contributed by atoms with van der Waals surface area (Å²) in [5.74, 6) is 0. The Morgan fingerprint density at radius 1 is 1.32 bits per heavy atom. The second-order valence-corrected chi connectivity index (χ2v) is 5.31. The Kier molecular flexibility index (Phi) is 6.45. The van der Waals surface area contributed by atoms with Crippen LogP contribution in [0.1, 0.15) is 59.2 Å². The Morgan fingerprint density at radius 3 is 2.63 bits per heavy atom. The van der Waals surface area contributed by atoms with Crippen LogP contribution in [-0.2, 0) is 11.3 Å². The lowest BCUT2D eigenvalue weighted by atomic mass is 9.95. The van der Waals surface area contributed by atoms with Crippen LogP contribution in [0.5, 0.6) is 0 Å². The van der Waals surface area contributed by atoms with Gasteiger partial charge in [0.25, 0.3) is 0 Å². The van der Waals surface area contributed by atoms with Gasteiger partial charge >= 0.3 is 0 Å². The monoisotopic (exact) mass is 268 g/mol. The molecular formula is C14H28N4O. The Hall–Kier alpha value is -0.940. The van der Waals surface area contributed by atoms with Gasteiger partial charge in [0.05, 0.1) is 23.5 Å². The van der Waals surface area contributed by atoms with Gasteiger partial charge in [-0.05, 0) is 40.2 Å². The molecule has 19 heavy (non-hydrogen) atoms. The first-order valence-corrected chi connectivity index (χ1v) is 7.32. The summed E-state index contributed by atoms with van der Waals surface area (Å²) in [5, 5.41) is 11.8. The zero-order chi connectivity index (χ0) is 14.3. The molecule has 110 valence electrons. The van der Waals surface area contributed by atoms with Crippen LogP contribution in [0.2, 0.25) is 0 Å². The summed E-state index contributed by atoms with van der Waals surface area (Å²) in [6.07, 6.45) is 3.99. The highest BCUT2D eigenvalue weighted by Gasteiger charge is 2.33. The molecule has 0 fully saturated rings. The summed E-state index contributed by atoms with van der Waals surface area (Å²) < 4.78 is 7.89. The lowest BCUT2D eigenvalue weighted by Gasteiger charge is -2.34. The van der Waals surface area contributed by atoms with Crippen LogP contribution in [0, 0.1) is 0 Å². The topological polar surface area (TPSA) is 52.0 Å². The van der Waals surface area contributed by atoms with Crippen LogP contribution < -0.4 is 5.32 Å². The number of ether oxygens (including phenoxy) is 1. The van der Waals surface area contributed by atoms with Crippen molar-refractivity contribution in [1.82, 2.24) is 20.3 Å². The molecule has 1 N–H and O–H groups in total. The number of nitrogens with one attached hydrogen (secondary N) is 1. The minimum atomic E-state index is -0.281. The van der Waals surface area contributed by atoms with Crippen molar-refractivity contribution in [3.8, 4) is 0 Å². The van der Waals surface area contributed by atoms with Crippen molar-refractivity contribution in [2.24, 2.45) is 0 Å². The lowest BCUT2D eigenvalue weighted by Crippen LogP contribution is -2.43. The summed E-state index contributed by atoms with van der Waals surface area (Å²) in [6.45, 7) is 13.1. The van der Waals surface area contributed by atoms with E-state index in [0.29, 0.717) is 6.61 Å². The number of nitrogens with zero attached hydrogens (tertiary/aromatic N) is 3. The van der Waals surface area contributed by atoms with Crippen molar-refractivity contribution in [2.45, 2.75) is 65.6 Å². The Labute approximate surface area is 116 Å². The van der Waals surface area contributed by atoms with Crippen molar-refractivity contribution >= 4 is 0 Å². The molecule has 5 nitrogen and oxygen atoms in total. The second-order valence-electron chi connectivity index (χ2n) is 5.31. The maximum atomic E-state index is 5.91. The number of rotatable bonds is 9. The normalized spacial score (nSPS) is 13.7. The molecule has 0 aliphatic rings. The van der Waals surface area contributed by atoms with Crippen LogP contribution >= 0.6 is 0 Å². The second kappa shape index (κ2) is 7.60. The molecule has 1 heterocycles. The van der Waals surface area contributed by atoms with Crippen molar-refractivity contribution in [1.29, 1.82) is 0 Å². The third-order valence-corrected chi connectivity index (χ3v) is 3.19. The van der Waals surface area contributed by atoms with E-state index in [9.17, 15) is 0 Å². The van der Waals surface area contributed by atoms with Gasteiger partial charge in [-0.25, -0.2) is 4.68 Å². The smallest absolute Gasteiger partial charge is 0.0836 e. The van der Waals surface area contributed by atoms with E-state index in [2.05, 4.69) is 43.3 Å². The van der Waals surface area contributed by atoms with E-state index in [1.54, 1.807) is 0 Å². The third-order valence-electron chi connectivity index (χ3n) is 3.19. The van der Waals surface area contributed by atoms with Gasteiger partial charge in [0, 0.05) is 13.2 Å². The minimum absolute atomic E-state index is 0.106. The zero-order valence-electron chi connectivity index (χ0n) is 12.9. The fourth-order valence-corrected chi connectivity index (χ4v) is 2.33. The van der Waals surface area contributed by atoms with E-state index in [1.165, 1.54) is 0 Å². The predicted molar refractivity (Wildman–Crippen MR) is 77.1 cm³/mol. The lowest BCUT2D eigenvalue weighted by molar-refractivity contribution is -0.0412. The number of aromatic nitrogens is 3. The van der Waals surface area contributed by atoms with Gasteiger partial charge in [0.2, 0.25) is 0 Å².